The summed E-state index contributed by atoms with van der Waals surface area (Å²) in [5.41, 5.74) is 0.701. The summed E-state index contributed by atoms with van der Waals surface area (Å²) in [5.74, 6) is 0.404. The number of halogens is 2. The number of alkyl halides is 2. The van der Waals surface area contributed by atoms with Crippen molar-refractivity contribution >= 4 is 17.8 Å². The molecule has 2 bridgehead atoms. The smallest absolute Gasteiger partial charge is 0.407 e. The van der Waals surface area contributed by atoms with Gasteiger partial charge in [-0.25, -0.2) is 13.6 Å². The number of nitrogens with zero attached hydrogens (tertiary/aromatic N) is 3. The van der Waals surface area contributed by atoms with Crippen LogP contribution in [0.1, 0.15) is 48.0 Å². The summed E-state index contributed by atoms with van der Waals surface area (Å²) in [6.07, 6.45) is -0.200. The third kappa shape index (κ3) is 4.49. The second-order valence-electron chi connectivity index (χ2n) is 8.82. The number of carbonyl (C=O) groups excluding carboxylic acids is 2. The Morgan fingerprint density at radius 2 is 2.15 bits per heavy atom. The quantitative estimate of drug-likeness (QED) is 0.543. The molecule has 4 fully saturated rings. The number of carbonyl (C=O) groups is 2. The molecule has 11 nitrogen and oxygen atoms in total. The summed E-state index contributed by atoms with van der Waals surface area (Å²) >= 11 is 0. The van der Waals surface area contributed by atoms with Gasteiger partial charge in [0.05, 0.1) is 12.3 Å². The summed E-state index contributed by atoms with van der Waals surface area (Å²) in [5, 5.41) is 16.3. The van der Waals surface area contributed by atoms with E-state index in [1.165, 1.54) is 17.8 Å². The highest BCUT2D eigenvalue weighted by atomic mass is 19.3. The zero-order valence-corrected chi connectivity index (χ0v) is 17.8. The molecule has 2 atom stereocenters. The molecular formula is C20H24F2N6O5. The van der Waals surface area contributed by atoms with E-state index in [9.17, 15) is 18.4 Å². The highest BCUT2D eigenvalue weighted by Gasteiger charge is 2.57. The largest absolute Gasteiger partial charge is 0.471 e. The zero-order valence-electron chi connectivity index (χ0n) is 17.8. The van der Waals surface area contributed by atoms with Crippen molar-refractivity contribution in [1.82, 2.24) is 25.3 Å². The first-order valence-electron chi connectivity index (χ1n) is 10.7. The predicted octanol–water partition coefficient (Wildman–Crippen LogP) is 2.15. The monoisotopic (exact) mass is 466 g/mol. The fraction of sp³-hybridized carbons (Fsp3) is 0.600. The fourth-order valence-electron chi connectivity index (χ4n) is 4.54. The van der Waals surface area contributed by atoms with Gasteiger partial charge in [-0.3, -0.25) is 14.6 Å². The van der Waals surface area contributed by atoms with Crippen LogP contribution in [0.3, 0.4) is 0 Å². The molecule has 6 rings (SSSR count). The minimum absolute atomic E-state index is 0.0409. The lowest BCUT2D eigenvalue weighted by Gasteiger charge is -2.61. The van der Waals surface area contributed by atoms with Gasteiger partial charge in [0.2, 0.25) is 5.88 Å². The molecule has 178 valence electrons. The van der Waals surface area contributed by atoms with Crippen LogP contribution in [0.25, 0.3) is 0 Å². The van der Waals surface area contributed by atoms with E-state index in [-0.39, 0.29) is 41.7 Å². The molecular weight excluding hydrogens is 442 g/mol. The standard InChI is InChI=1S/C20H24F2N6O5/c1-28-13(4-17(27-28)32-9-15(21)22)18(29)23-16-3-12(25-26-16)14-2-11(8-31-14)33-19(30)24-20-5-10(6-20)7-20/h3-4,10-11,14-15H,2,5-9H2,1H3,(H,24,30)(H2,23,25,26,29)/t10?,11-,14-,20?/m0/s1. The van der Waals surface area contributed by atoms with Crippen LogP contribution in [0.4, 0.5) is 19.4 Å². The van der Waals surface area contributed by atoms with E-state index in [0.717, 1.165) is 25.2 Å². The van der Waals surface area contributed by atoms with Gasteiger partial charge in [0.1, 0.15) is 17.9 Å². The van der Waals surface area contributed by atoms with E-state index in [1.54, 1.807) is 6.07 Å². The average Bonchev–Trinajstić information content (AvgIpc) is 3.42. The number of nitrogens with one attached hydrogen (secondary N) is 3. The normalized spacial score (nSPS) is 27.6. The van der Waals surface area contributed by atoms with Crippen LogP contribution in [0.2, 0.25) is 0 Å². The lowest BCUT2D eigenvalue weighted by Crippen LogP contribution is -2.68. The fourth-order valence-corrected chi connectivity index (χ4v) is 4.54. The van der Waals surface area contributed by atoms with Crippen LogP contribution < -0.4 is 15.4 Å². The molecule has 3 saturated carbocycles. The van der Waals surface area contributed by atoms with Crippen LogP contribution >= 0.6 is 0 Å². The molecule has 33 heavy (non-hydrogen) atoms. The van der Waals surface area contributed by atoms with Gasteiger partial charge < -0.3 is 24.8 Å². The van der Waals surface area contributed by atoms with Gasteiger partial charge >= 0.3 is 6.09 Å². The van der Waals surface area contributed by atoms with Crippen molar-refractivity contribution in [3.63, 3.8) is 0 Å². The minimum Gasteiger partial charge on any atom is -0.471 e. The molecule has 1 saturated heterocycles. The van der Waals surface area contributed by atoms with Crippen molar-refractivity contribution in [2.45, 2.75) is 49.9 Å². The Morgan fingerprint density at radius 3 is 2.85 bits per heavy atom. The summed E-state index contributed by atoms with van der Waals surface area (Å²) < 4.78 is 41.8. The first-order chi connectivity index (χ1) is 15.8. The third-order valence-electron chi connectivity index (χ3n) is 6.27. The highest BCUT2D eigenvalue weighted by molar-refractivity contribution is 6.02. The van der Waals surface area contributed by atoms with E-state index >= 15 is 0 Å². The van der Waals surface area contributed by atoms with Gasteiger partial charge in [-0.05, 0) is 25.2 Å². The molecule has 4 aliphatic rings. The molecule has 0 unspecified atom stereocenters. The molecule has 3 heterocycles. The van der Waals surface area contributed by atoms with Gasteiger partial charge in [0, 0.05) is 31.1 Å². The van der Waals surface area contributed by atoms with Gasteiger partial charge in [-0.2, -0.15) is 5.10 Å². The minimum atomic E-state index is -2.64. The van der Waals surface area contributed by atoms with Gasteiger partial charge in [0.15, 0.2) is 12.4 Å². The molecule has 2 aromatic rings. The number of aromatic amines is 1. The number of aryl methyl sites for hydroxylation is 1. The Morgan fingerprint density at radius 1 is 1.36 bits per heavy atom. The molecule has 3 N–H and O–H groups in total. The molecule has 2 amide bonds. The van der Waals surface area contributed by atoms with Gasteiger partial charge in [-0.15, -0.1) is 5.10 Å². The number of alkyl carbamates (subject to hydrolysis) is 1. The molecule has 2 aromatic heterocycles. The topological polar surface area (TPSA) is 132 Å². The van der Waals surface area contributed by atoms with Crippen LogP contribution in [-0.4, -0.2) is 63.3 Å². The maximum Gasteiger partial charge on any atom is 0.407 e. The number of anilines is 1. The van der Waals surface area contributed by atoms with E-state index in [0.29, 0.717) is 12.1 Å². The summed E-state index contributed by atoms with van der Waals surface area (Å²) in [6, 6.07) is 2.89. The first-order valence-corrected chi connectivity index (χ1v) is 10.7. The van der Waals surface area contributed by atoms with Crippen LogP contribution in [0.15, 0.2) is 12.1 Å². The van der Waals surface area contributed by atoms with E-state index in [2.05, 4.69) is 25.9 Å². The van der Waals surface area contributed by atoms with Crippen molar-refractivity contribution in [3.05, 3.63) is 23.5 Å². The summed E-state index contributed by atoms with van der Waals surface area (Å²) in [7, 11) is 1.50. The van der Waals surface area contributed by atoms with Crippen molar-refractivity contribution in [2.24, 2.45) is 13.0 Å². The Hall–Kier alpha value is -3.22. The number of rotatable bonds is 8. The van der Waals surface area contributed by atoms with Crippen LogP contribution in [-0.2, 0) is 16.5 Å². The molecule has 13 heteroatoms. The number of hydrogen-bond acceptors (Lipinski definition) is 7. The SMILES string of the molecule is Cn1nc(OCC(F)F)cc1C(=O)Nc1cc([C@@H]2C[C@H](OC(=O)NC34CC(C3)C4)CO2)[nH]n1. The van der Waals surface area contributed by atoms with E-state index < -0.39 is 25.0 Å². The van der Waals surface area contributed by atoms with Crippen LogP contribution in [0.5, 0.6) is 5.88 Å². The Labute approximate surface area is 187 Å². The lowest BCUT2D eigenvalue weighted by atomic mass is 9.50. The first kappa shape index (κ1) is 21.6. The molecule has 3 aliphatic carbocycles. The number of ether oxygens (including phenoxy) is 3. The molecule has 1 aliphatic heterocycles. The summed E-state index contributed by atoms with van der Waals surface area (Å²) in [4.78, 5) is 24.6. The number of hydrogen-bond donors (Lipinski definition) is 3. The second kappa shape index (κ2) is 8.28. The Bertz CT molecular complexity index is 1040. The van der Waals surface area contributed by atoms with E-state index in [1.807, 2.05) is 0 Å². The molecule has 0 radical (unpaired) electrons. The summed E-state index contributed by atoms with van der Waals surface area (Å²) in [6.45, 7) is -0.541. The highest BCUT2D eigenvalue weighted by Crippen LogP contribution is 2.56. The van der Waals surface area contributed by atoms with Crippen molar-refractivity contribution in [1.29, 1.82) is 0 Å². The predicted molar refractivity (Wildman–Crippen MR) is 108 cm³/mol. The van der Waals surface area contributed by atoms with Crippen molar-refractivity contribution in [2.75, 3.05) is 18.5 Å². The molecule has 0 spiro atoms. The number of aromatic nitrogens is 4. The van der Waals surface area contributed by atoms with Gasteiger partial charge in [-0.1, -0.05) is 0 Å². The lowest BCUT2D eigenvalue weighted by molar-refractivity contribution is -0.0510. The van der Waals surface area contributed by atoms with Crippen molar-refractivity contribution < 1.29 is 32.6 Å². The Balaban J connectivity index is 1.12. The average molecular weight is 466 g/mol. The Kier molecular flexibility index (Phi) is 5.43. The van der Waals surface area contributed by atoms with Crippen LogP contribution in [0, 0.1) is 5.92 Å². The maximum absolute atomic E-state index is 12.5. The second-order valence-corrected chi connectivity index (χ2v) is 8.82. The van der Waals surface area contributed by atoms with E-state index in [4.69, 9.17) is 14.2 Å². The zero-order chi connectivity index (χ0) is 23.2. The third-order valence-corrected chi connectivity index (χ3v) is 6.27. The van der Waals surface area contributed by atoms with Gasteiger partial charge in [0.25, 0.3) is 12.3 Å². The number of H-pyrrole nitrogens is 1. The molecule has 0 aromatic carbocycles. The number of amides is 2. The van der Waals surface area contributed by atoms with Crippen molar-refractivity contribution in [3.8, 4) is 5.88 Å². The maximum atomic E-state index is 12.5.